The first kappa shape index (κ1) is 18.1. The molecule has 0 bridgehead atoms. The van der Waals surface area contributed by atoms with E-state index in [4.69, 9.17) is 0 Å². The molecule has 2 fully saturated rings. The van der Waals surface area contributed by atoms with E-state index >= 15 is 0 Å². The van der Waals surface area contributed by atoms with Crippen molar-refractivity contribution in [2.24, 2.45) is 0 Å². The molecule has 3 heteroatoms. The van der Waals surface area contributed by atoms with Crippen LogP contribution in [0.15, 0.2) is 30.5 Å². The Morgan fingerprint density at radius 3 is 2.05 bits per heavy atom. The Kier molecular flexibility index (Phi) is 9.29. The van der Waals surface area contributed by atoms with Crippen LogP contribution in [0.3, 0.4) is 0 Å². The zero-order valence-electron chi connectivity index (χ0n) is 11.4. The third kappa shape index (κ3) is 7.06. The Morgan fingerprint density at radius 1 is 0.905 bits per heavy atom. The van der Waals surface area contributed by atoms with E-state index < -0.39 is 0 Å². The molecular weight excluding hydrogens is 302 g/mol. The van der Waals surface area contributed by atoms with Crippen molar-refractivity contribution in [1.29, 1.82) is 0 Å². The summed E-state index contributed by atoms with van der Waals surface area (Å²) in [5, 5.41) is 0. The van der Waals surface area contributed by atoms with E-state index in [0.29, 0.717) is 5.92 Å². The third-order valence-corrected chi connectivity index (χ3v) is 2.60. The molecular formula is C18H15FeNO+2. The molecule has 2 aliphatic rings. The fraction of sp³-hybridized carbons (Fsp3) is 0. The number of pyridine rings is 1. The molecule has 0 saturated heterocycles. The van der Waals surface area contributed by atoms with Crippen LogP contribution in [0.2, 0.25) is 0 Å². The fourth-order valence-corrected chi connectivity index (χ4v) is 1.59. The standard InChI is InChI=1S/C13H10NO.C5H5.Fe/c15-13(11-5-1-2-6-11)9-8-12-7-3-4-10-14-12;1-2-4-5-3-1;/h1-10H;1-5H;/q;;+2/b9-8+;;. The van der Waals surface area contributed by atoms with Crippen molar-refractivity contribution in [3.05, 3.63) is 99.9 Å². The van der Waals surface area contributed by atoms with Crippen molar-refractivity contribution in [3.8, 4) is 0 Å². The summed E-state index contributed by atoms with van der Waals surface area (Å²) in [6.45, 7) is 0. The van der Waals surface area contributed by atoms with Crippen molar-refractivity contribution in [2.45, 2.75) is 0 Å². The number of rotatable bonds is 3. The summed E-state index contributed by atoms with van der Waals surface area (Å²) in [5.41, 5.74) is 0.789. The average molecular weight is 317 g/mol. The summed E-state index contributed by atoms with van der Waals surface area (Å²) in [7, 11) is 0. The third-order valence-electron chi connectivity index (χ3n) is 2.60. The van der Waals surface area contributed by atoms with Crippen LogP contribution in [0.1, 0.15) is 5.69 Å². The molecule has 2 nitrogen and oxygen atoms in total. The van der Waals surface area contributed by atoms with Crippen LogP contribution >= 0.6 is 0 Å². The monoisotopic (exact) mass is 317 g/mol. The molecule has 2 aliphatic carbocycles. The van der Waals surface area contributed by atoms with Gasteiger partial charge in [0, 0.05) is 6.20 Å². The van der Waals surface area contributed by atoms with Crippen molar-refractivity contribution in [3.63, 3.8) is 0 Å². The molecule has 0 aliphatic heterocycles. The Bertz CT molecular complexity index is 412. The van der Waals surface area contributed by atoms with E-state index in [9.17, 15) is 4.79 Å². The fourth-order valence-electron chi connectivity index (χ4n) is 1.59. The Balaban J connectivity index is 0.000000313. The maximum absolute atomic E-state index is 11.6. The second-order valence-corrected chi connectivity index (χ2v) is 4.09. The number of ketones is 1. The van der Waals surface area contributed by atoms with Gasteiger partial charge in [-0.15, -0.1) is 0 Å². The predicted octanol–water partition coefficient (Wildman–Crippen LogP) is 3.09. The van der Waals surface area contributed by atoms with Crippen LogP contribution in [0.5, 0.6) is 0 Å². The molecule has 3 rings (SSSR count). The van der Waals surface area contributed by atoms with E-state index in [1.54, 1.807) is 25.1 Å². The minimum atomic E-state index is 0. The molecule has 21 heavy (non-hydrogen) atoms. The van der Waals surface area contributed by atoms with E-state index in [-0.39, 0.29) is 22.9 Å². The summed E-state index contributed by atoms with van der Waals surface area (Å²) in [5.74, 6) is 0.716. The van der Waals surface area contributed by atoms with Crippen LogP contribution in [-0.2, 0) is 21.9 Å². The molecule has 0 N–H and O–H groups in total. The topological polar surface area (TPSA) is 30.0 Å². The molecule has 0 atom stereocenters. The second-order valence-electron chi connectivity index (χ2n) is 4.09. The average Bonchev–Trinajstić information content (AvgIpc) is 3.20. The van der Waals surface area contributed by atoms with E-state index in [1.807, 2.05) is 63.1 Å². The summed E-state index contributed by atoms with van der Waals surface area (Å²) < 4.78 is 0. The molecule has 2 saturated carbocycles. The Morgan fingerprint density at radius 2 is 1.52 bits per heavy atom. The van der Waals surface area contributed by atoms with Crippen molar-refractivity contribution >= 4 is 11.9 Å². The van der Waals surface area contributed by atoms with Crippen LogP contribution in [0.25, 0.3) is 6.08 Å². The number of allylic oxidation sites excluding steroid dienone is 1. The molecule has 104 valence electrons. The van der Waals surface area contributed by atoms with Crippen LogP contribution < -0.4 is 0 Å². The van der Waals surface area contributed by atoms with Gasteiger partial charge in [-0.25, -0.2) is 0 Å². The molecule has 1 aromatic rings. The van der Waals surface area contributed by atoms with Crippen molar-refractivity contribution in [1.82, 2.24) is 4.98 Å². The quantitative estimate of drug-likeness (QED) is 0.633. The van der Waals surface area contributed by atoms with Gasteiger partial charge < -0.3 is 0 Å². The van der Waals surface area contributed by atoms with Crippen LogP contribution in [0, 0.1) is 63.7 Å². The van der Waals surface area contributed by atoms with E-state index in [0.717, 1.165) is 5.69 Å². The van der Waals surface area contributed by atoms with Gasteiger partial charge in [-0.05, 0) is 82.1 Å². The predicted molar refractivity (Wildman–Crippen MR) is 80.2 cm³/mol. The van der Waals surface area contributed by atoms with Gasteiger partial charge >= 0.3 is 17.1 Å². The maximum atomic E-state index is 11.6. The van der Waals surface area contributed by atoms with Crippen LogP contribution in [0.4, 0.5) is 0 Å². The number of hydrogen-bond donors (Lipinski definition) is 0. The molecule has 0 unspecified atom stereocenters. The van der Waals surface area contributed by atoms with Gasteiger partial charge in [0.2, 0.25) is 0 Å². The van der Waals surface area contributed by atoms with E-state index in [1.165, 1.54) is 6.08 Å². The van der Waals surface area contributed by atoms with Crippen LogP contribution in [-0.4, -0.2) is 10.8 Å². The number of nitrogens with zero attached hydrogens (tertiary/aromatic N) is 1. The number of carbonyl (C=O) groups is 1. The molecule has 0 aromatic carbocycles. The van der Waals surface area contributed by atoms with E-state index in [2.05, 4.69) is 4.98 Å². The zero-order valence-corrected chi connectivity index (χ0v) is 12.5. The maximum Gasteiger partial charge on any atom is 2.00 e. The first-order valence-corrected chi connectivity index (χ1v) is 6.38. The number of carbonyl (C=O) groups excluding carboxylic acids is 1. The molecule has 0 amide bonds. The first-order chi connectivity index (χ1) is 9.86. The summed E-state index contributed by atoms with van der Waals surface area (Å²) in [6.07, 6.45) is 22.2. The Labute approximate surface area is 138 Å². The Hall–Kier alpha value is -0.921. The number of aromatic nitrogens is 1. The molecule has 10 radical (unpaired) electrons. The summed E-state index contributed by atoms with van der Waals surface area (Å²) in [6, 6.07) is 5.59. The summed E-state index contributed by atoms with van der Waals surface area (Å²) >= 11 is 0. The second kappa shape index (κ2) is 10.8. The normalized spacial score (nSPS) is 18.1. The smallest absolute Gasteiger partial charge is 0.294 e. The van der Waals surface area contributed by atoms with Gasteiger partial charge in [-0.2, -0.15) is 0 Å². The SMILES string of the molecule is O=C(/C=C/c1ccccn1)[C]1[CH][CH][CH][CH]1.[CH]1[CH][CH][CH][CH]1.[Fe+2]. The minimum absolute atomic E-state index is 0. The first-order valence-electron chi connectivity index (χ1n) is 6.38. The number of hydrogen-bond acceptors (Lipinski definition) is 2. The zero-order chi connectivity index (χ0) is 14.0. The van der Waals surface area contributed by atoms with Gasteiger partial charge in [-0.3, -0.25) is 9.78 Å². The molecule has 1 heterocycles. The minimum Gasteiger partial charge on any atom is -0.294 e. The van der Waals surface area contributed by atoms with Gasteiger partial charge in [-0.1, -0.05) is 6.07 Å². The van der Waals surface area contributed by atoms with Gasteiger partial charge in [0.25, 0.3) is 0 Å². The van der Waals surface area contributed by atoms with Crippen molar-refractivity contribution < 1.29 is 21.9 Å². The summed E-state index contributed by atoms with van der Waals surface area (Å²) in [4.78, 5) is 15.7. The molecule has 0 spiro atoms. The van der Waals surface area contributed by atoms with Gasteiger partial charge in [0.1, 0.15) is 0 Å². The van der Waals surface area contributed by atoms with Gasteiger partial charge in [0.15, 0.2) is 5.78 Å². The largest absolute Gasteiger partial charge is 2.00 e. The molecule has 1 aromatic heterocycles. The van der Waals surface area contributed by atoms with Gasteiger partial charge in [0.05, 0.1) is 11.6 Å². The van der Waals surface area contributed by atoms with Crippen molar-refractivity contribution in [2.75, 3.05) is 0 Å².